The highest BCUT2D eigenvalue weighted by Crippen LogP contribution is 2.25. The van der Waals surface area contributed by atoms with Gasteiger partial charge < -0.3 is 10.4 Å². The lowest BCUT2D eigenvalue weighted by molar-refractivity contribution is -0.141. The standard InChI is InChI=1S/C17H18N2O5S/c1-11(17(23)24)8-18-14(20)10-25-13-7-15(21)19(16(13)22)9-12-5-3-2-4-6-12/h2-7,11H,8-10H2,1H3,(H,18,20)(H,23,24). The molecule has 1 unspecified atom stereocenters. The number of aliphatic carboxylic acids is 1. The van der Waals surface area contributed by atoms with Crippen molar-refractivity contribution in [3.05, 3.63) is 46.9 Å². The average molecular weight is 362 g/mol. The highest BCUT2D eigenvalue weighted by Gasteiger charge is 2.31. The van der Waals surface area contributed by atoms with Crippen LogP contribution in [0.4, 0.5) is 0 Å². The Labute approximate surface area is 149 Å². The molecule has 1 aromatic rings. The normalized spacial score (nSPS) is 15.1. The zero-order chi connectivity index (χ0) is 18.4. The summed E-state index contributed by atoms with van der Waals surface area (Å²) in [5.41, 5.74) is 0.837. The number of thioether (sulfide) groups is 1. The number of carbonyl (C=O) groups is 4. The van der Waals surface area contributed by atoms with Gasteiger partial charge in [0.25, 0.3) is 11.8 Å². The number of imide groups is 1. The van der Waals surface area contributed by atoms with Crippen molar-refractivity contribution in [1.29, 1.82) is 0 Å². The lowest BCUT2D eigenvalue weighted by atomic mass is 10.2. The Morgan fingerprint density at radius 2 is 1.92 bits per heavy atom. The highest BCUT2D eigenvalue weighted by atomic mass is 32.2. The molecule has 3 amide bonds. The quantitative estimate of drug-likeness (QED) is 0.669. The summed E-state index contributed by atoms with van der Waals surface area (Å²) < 4.78 is 0. The fraction of sp³-hybridized carbons (Fsp3) is 0.294. The van der Waals surface area contributed by atoms with Crippen LogP contribution in [0.3, 0.4) is 0 Å². The molecular formula is C17H18N2O5S. The van der Waals surface area contributed by atoms with Crippen LogP contribution in [0.5, 0.6) is 0 Å². The first kappa shape index (κ1) is 18.7. The second-order valence-electron chi connectivity index (χ2n) is 5.56. The van der Waals surface area contributed by atoms with Crippen molar-refractivity contribution in [3.8, 4) is 0 Å². The Hall–Kier alpha value is -2.61. The lowest BCUT2D eigenvalue weighted by Gasteiger charge is -2.14. The van der Waals surface area contributed by atoms with Crippen LogP contribution in [0, 0.1) is 5.92 Å². The monoisotopic (exact) mass is 362 g/mol. The van der Waals surface area contributed by atoms with E-state index in [-0.39, 0.29) is 29.7 Å². The summed E-state index contributed by atoms with van der Waals surface area (Å²) in [5, 5.41) is 11.2. The zero-order valence-corrected chi connectivity index (χ0v) is 14.4. The van der Waals surface area contributed by atoms with E-state index in [9.17, 15) is 19.2 Å². The minimum Gasteiger partial charge on any atom is -0.481 e. The summed E-state index contributed by atoms with van der Waals surface area (Å²) in [6.07, 6.45) is 1.23. The van der Waals surface area contributed by atoms with Gasteiger partial charge in [0.2, 0.25) is 5.91 Å². The minimum atomic E-state index is -0.996. The summed E-state index contributed by atoms with van der Waals surface area (Å²) in [5.74, 6) is -2.97. The molecular weight excluding hydrogens is 344 g/mol. The maximum absolute atomic E-state index is 12.3. The van der Waals surface area contributed by atoms with Gasteiger partial charge in [-0.1, -0.05) is 37.3 Å². The SMILES string of the molecule is CC(CNC(=O)CSC1=CC(=O)N(Cc2ccccc2)C1=O)C(=O)O. The van der Waals surface area contributed by atoms with Gasteiger partial charge in [0.05, 0.1) is 23.1 Å². The number of rotatable bonds is 8. The van der Waals surface area contributed by atoms with E-state index in [1.165, 1.54) is 13.0 Å². The van der Waals surface area contributed by atoms with E-state index in [0.29, 0.717) is 0 Å². The van der Waals surface area contributed by atoms with Gasteiger partial charge in [0, 0.05) is 12.6 Å². The maximum atomic E-state index is 12.3. The van der Waals surface area contributed by atoms with Gasteiger partial charge in [-0.3, -0.25) is 24.1 Å². The predicted octanol–water partition coefficient (Wildman–Crippen LogP) is 1.01. The largest absolute Gasteiger partial charge is 0.481 e. The minimum absolute atomic E-state index is 0.0147. The molecule has 132 valence electrons. The van der Waals surface area contributed by atoms with Crippen molar-refractivity contribution in [2.24, 2.45) is 5.92 Å². The maximum Gasteiger partial charge on any atom is 0.308 e. The lowest BCUT2D eigenvalue weighted by Crippen LogP contribution is -2.33. The molecule has 0 radical (unpaired) electrons. The number of amides is 3. The fourth-order valence-electron chi connectivity index (χ4n) is 2.05. The van der Waals surface area contributed by atoms with Gasteiger partial charge >= 0.3 is 5.97 Å². The number of carbonyl (C=O) groups excluding carboxylic acids is 3. The molecule has 8 heteroatoms. The first-order chi connectivity index (χ1) is 11.9. The molecule has 25 heavy (non-hydrogen) atoms. The molecule has 0 bridgehead atoms. The van der Waals surface area contributed by atoms with Crippen LogP contribution in [0.1, 0.15) is 12.5 Å². The molecule has 2 rings (SSSR count). The van der Waals surface area contributed by atoms with E-state index < -0.39 is 23.7 Å². The van der Waals surface area contributed by atoms with E-state index in [0.717, 1.165) is 22.2 Å². The van der Waals surface area contributed by atoms with E-state index in [4.69, 9.17) is 5.11 Å². The third kappa shape index (κ3) is 5.18. The number of hydrogen-bond acceptors (Lipinski definition) is 5. The Morgan fingerprint density at radius 3 is 2.56 bits per heavy atom. The Bertz CT molecular complexity index is 717. The fourth-order valence-corrected chi connectivity index (χ4v) is 2.86. The zero-order valence-electron chi connectivity index (χ0n) is 13.6. The Morgan fingerprint density at radius 1 is 1.24 bits per heavy atom. The summed E-state index contributed by atoms with van der Waals surface area (Å²) in [4.78, 5) is 48.0. The molecule has 2 N–H and O–H groups in total. The molecule has 0 aliphatic carbocycles. The molecule has 0 saturated carbocycles. The van der Waals surface area contributed by atoms with Crippen LogP contribution < -0.4 is 5.32 Å². The number of nitrogens with one attached hydrogen (secondary N) is 1. The molecule has 1 atom stereocenters. The van der Waals surface area contributed by atoms with E-state index in [1.807, 2.05) is 30.3 Å². The van der Waals surface area contributed by atoms with Crippen molar-refractivity contribution in [2.45, 2.75) is 13.5 Å². The molecule has 0 aromatic heterocycles. The van der Waals surface area contributed by atoms with Crippen LogP contribution in [-0.2, 0) is 25.7 Å². The predicted molar refractivity (Wildman–Crippen MR) is 92.3 cm³/mol. The van der Waals surface area contributed by atoms with E-state index in [2.05, 4.69) is 5.32 Å². The van der Waals surface area contributed by atoms with Crippen molar-refractivity contribution < 1.29 is 24.3 Å². The van der Waals surface area contributed by atoms with E-state index in [1.54, 1.807) is 0 Å². The number of hydrogen-bond donors (Lipinski definition) is 2. The van der Waals surface area contributed by atoms with Gasteiger partial charge in [0.15, 0.2) is 0 Å². The average Bonchev–Trinajstić information content (AvgIpc) is 2.86. The van der Waals surface area contributed by atoms with Crippen LogP contribution in [0.25, 0.3) is 0 Å². The van der Waals surface area contributed by atoms with Gasteiger partial charge in [-0.25, -0.2) is 0 Å². The second kappa shape index (κ2) is 8.48. The van der Waals surface area contributed by atoms with Crippen LogP contribution >= 0.6 is 11.8 Å². The highest BCUT2D eigenvalue weighted by molar-refractivity contribution is 8.04. The van der Waals surface area contributed by atoms with Gasteiger partial charge in [0.1, 0.15) is 0 Å². The van der Waals surface area contributed by atoms with Crippen LogP contribution in [0.15, 0.2) is 41.3 Å². The molecule has 0 spiro atoms. The molecule has 1 heterocycles. The molecule has 0 saturated heterocycles. The second-order valence-corrected chi connectivity index (χ2v) is 6.57. The van der Waals surface area contributed by atoms with Crippen LogP contribution in [0.2, 0.25) is 0 Å². The van der Waals surface area contributed by atoms with Crippen LogP contribution in [-0.4, -0.2) is 46.0 Å². The smallest absolute Gasteiger partial charge is 0.308 e. The molecule has 1 aliphatic rings. The summed E-state index contributed by atoms with van der Waals surface area (Å²) in [6.45, 7) is 1.68. The molecule has 1 aromatic carbocycles. The summed E-state index contributed by atoms with van der Waals surface area (Å²) in [6, 6.07) is 9.14. The molecule has 7 nitrogen and oxygen atoms in total. The van der Waals surface area contributed by atoms with Crippen molar-refractivity contribution >= 4 is 35.5 Å². The van der Waals surface area contributed by atoms with Crippen molar-refractivity contribution in [1.82, 2.24) is 10.2 Å². The third-order valence-corrected chi connectivity index (χ3v) is 4.56. The molecule has 1 aliphatic heterocycles. The topological polar surface area (TPSA) is 104 Å². The van der Waals surface area contributed by atoms with E-state index >= 15 is 0 Å². The third-order valence-electron chi connectivity index (χ3n) is 3.55. The summed E-state index contributed by atoms with van der Waals surface area (Å²) in [7, 11) is 0. The summed E-state index contributed by atoms with van der Waals surface area (Å²) >= 11 is 0.968. The molecule has 0 fully saturated rings. The van der Waals surface area contributed by atoms with Crippen molar-refractivity contribution in [2.75, 3.05) is 12.3 Å². The van der Waals surface area contributed by atoms with Gasteiger partial charge in [-0.15, -0.1) is 11.8 Å². The Kier molecular flexibility index (Phi) is 6.35. The number of carboxylic acids is 1. The first-order valence-electron chi connectivity index (χ1n) is 7.62. The first-order valence-corrected chi connectivity index (χ1v) is 8.60. The van der Waals surface area contributed by atoms with Gasteiger partial charge in [-0.2, -0.15) is 0 Å². The van der Waals surface area contributed by atoms with Gasteiger partial charge in [-0.05, 0) is 5.56 Å². The number of carboxylic acid groups (broad SMARTS) is 1. The number of benzene rings is 1. The number of nitrogens with zero attached hydrogens (tertiary/aromatic N) is 1. The Balaban J connectivity index is 1.84. The van der Waals surface area contributed by atoms with Crippen molar-refractivity contribution in [3.63, 3.8) is 0 Å².